The Kier molecular flexibility index (Phi) is 4.05. The second kappa shape index (κ2) is 5.39. The predicted molar refractivity (Wildman–Crippen MR) is 67.8 cm³/mol. The topological polar surface area (TPSA) is 57.6 Å². The molecule has 0 aromatic rings. The summed E-state index contributed by atoms with van der Waals surface area (Å²) >= 11 is 0. The van der Waals surface area contributed by atoms with Gasteiger partial charge in [-0.1, -0.05) is 6.92 Å². The first-order valence-electron chi connectivity index (χ1n) is 7.06. The van der Waals surface area contributed by atoms with Gasteiger partial charge < -0.3 is 5.11 Å². The normalized spacial score (nSPS) is 34.6. The Balaban J connectivity index is 2.02. The summed E-state index contributed by atoms with van der Waals surface area (Å²) in [5.74, 6) is 0.426. The average molecular weight is 253 g/mol. The molecule has 0 bridgehead atoms. The van der Waals surface area contributed by atoms with E-state index < -0.39 is 5.60 Å². The van der Waals surface area contributed by atoms with Crippen LogP contribution >= 0.6 is 0 Å². The summed E-state index contributed by atoms with van der Waals surface area (Å²) in [4.78, 5) is 25.1. The highest BCUT2D eigenvalue weighted by Gasteiger charge is 2.37. The van der Waals surface area contributed by atoms with Crippen molar-refractivity contribution in [3.63, 3.8) is 0 Å². The van der Waals surface area contributed by atoms with E-state index in [2.05, 4.69) is 6.92 Å². The fraction of sp³-hybridized carbons (Fsp3) is 0.857. The van der Waals surface area contributed by atoms with Gasteiger partial charge in [0.2, 0.25) is 11.8 Å². The van der Waals surface area contributed by atoms with E-state index >= 15 is 0 Å². The van der Waals surface area contributed by atoms with Gasteiger partial charge in [0.15, 0.2) is 0 Å². The van der Waals surface area contributed by atoms with Crippen LogP contribution in [-0.2, 0) is 9.59 Å². The maximum absolute atomic E-state index is 11.9. The van der Waals surface area contributed by atoms with Crippen LogP contribution in [0.1, 0.15) is 58.3 Å². The Labute approximate surface area is 108 Å². The molecule has 4 heteroatoms. The Morgan fingerprint density at radius 2 is 1.67 bits per heavy atom. The quantitative estimate of drug-likeness (QED) is 0.764. The Morgan fingerprint density at radius 3 is 2.17 bits per heavy atom. The van der Waals surface area contributed by atoms with E-state index in [1.807, 2.05) is 0 Å². The largest absolute Gasteiger partial charge is 0.388 e. The molecule has 0 unspecified atom stereocenters. The molecule has 0 atom stereocenters. The molecule has 1 saturated carbocycles. The molecular formula is C14H23NO3. The number of hydrogen-bond donors (Lipinski definition) is 1. The highest BCUT2D eigenvalue weighted by molar-refractivity contribution is 5.96. The molecule has 102 valence electrons. The Hall–Kier alpha value is -0.900. The van der Waals surface area contributed by atoms with E-state index in [1.54, 1.807) is 0 Å². The van der Waals surface area contributed by atoms with E-state index in [0.717, 1.165) is 25.7 Å². The fourth-order valence-electron chi connectivity index (χ4n) is 2.89. The molecule has 0 radical (unpaired) electrons. The average Bonchev–Trinajstić information content (AvgIpc) is 2.49. The van der Waals surface area contributed by atoms with Gasteiger partial charge in [0.05, 0.1) is 12.1 Å². The zero-order valence-electron chi connectivity index (χ0n) is 11.2. The summed E-state index contributed by atoms with van der Waals surface area (Å²) in [6, 6.07) is 0. The van der Waals surface area contributed by atoms with Crippen molar-refractivity contribution in [3.05, 3.63) is 0 Å². The van der Waals surface area contributed by atoms with Gasteiger partial charge in [-0.2, -0.15) is 0 Å². The number of aliphatic hydroxyl groups is 1. The lowest BCUT2D eigenvalue weighted by molar-refractivity contribution is -0.149. The maximum atomic E-state index is 11.9. The van der Waals surface area contributed by atoms with E-state index in [4.69, 9.17) is 0 Å². The molecule has 1 saturated heterocycles. The van der Waals surface area contributed by atoms with E-state index in [9.17, 15) is 14.7 Å². The summed E-state index contributed by atoms with van der Waals surface area (Å²) in [6.45, 7) is 2.39. The minimum absolute atomic E-state index is 0.107. The lowest BCUT2D eigenvalue weighted by Gasteiger charge is -2.37. The van der Waals surface area contributed by atoms with Crippen LogP contribution < -0.4 is 0 Å². The fourth-order valence-corrected chi connectivity index (χ4v) is 2.89. The number of β-amino-alcohol motifs (C(OH)–C–C–N with tert-alkyl or cyclic N) is 1. The van der Waals surface area contributed by atoms with Gasteiger partial charge in [0.25, 0.3) is 0 Å². The second-order valence-electron chi connectivity index (χ2n) is 5.99. The zero-order valence-corrected chi connectivity index (χ0v) is 11.2. The Bertz CT molecular complexity index is 314. The number of carbonyl (C=O) groups is 2. The molecule has 0 spiro atoms. The van der Waals surface area contributed by atoms with Gasteiger partial charge in [0.1, 0.15) is 0 Å². The number of imide groups is 1. The minimum Gasteiger partial charge on any atom is -0.388 e. The van der Waals surface area contributed by atoms with Crippen LogP contribution in [0.5, 0.6) is 0 Å². The molecule has 1 heterocycles. The van der Waals surface area contributed by atoms with Gasteiger partial charge in [-0.25, -0.2) is 0 Å². The van der Waals surface area contributed by atoms with Crippen LogP contribution in [0, 0.1) is 5.92 Å². The molecule has 2 aliphatic rings. The maximum Gasteiger partial charge on any atom is 0.229 e. The van der Waals surface area contributed by atoms with Crippen LogP contribution in [0.3, 0.4) is 0 Å². The van der Waals surface area contributed by atoms with Crippen molar-refractivity contribution in [1.29, 1.82) is 0 Å². The van der Waals surface area contributed by atoms with Crippen molar-refractivity contribution in [3.8, 4) is 0 Å². The minimum atomic E-state index is -0.845. The van der Waals surface area contributed by atoms with Gasteiger partial charge >= 0.3 is 0 Å². The van der Waals surface area contributed by atoms with Gasteiger partial charge in [-0.05, 0) is 44.4 Å². The molecule has 0 aromatic carbocycles. The molecule has 2 amide bonds. The number of amides is 2. The predicted octanol–water partition coefficient (Wildman–Crippen LogP) is 1.86. The van der Waals surface area contributed by atoms with Crippen LogP contribution in [0.2, 0.25) is 0 Å². The number of likely N-dealkylation sites (tertiary alicyclic amines) is 1. The van der Waals surface area contributed by atoms with Crippen molar-refractivity contribution < 1.29 is 14.7 Å². The van der Waals surface area contributed by atoms with Gasteiger partial charge in [-0.15, -0.1) is 0 Å². The summed E-state index contributed by atoms with van der Waals surface area (Å²) in [5.41, 5.74) is -0.845. The van der Waals surface area contributed by atoms with Crippen LogP contribution in [0.25, 0.3) is 0 Å². The van der Waals surface area contributed by atoms with Crippen molar-refractivity contribution in [2.75, 3.05) is 6.54 Å². The third kappa shape index (κ3) is 3.10. The first kappa shape index (κ1) is 13.5. The molecular weight excluding hydrogens is 230 g/mol. The highest BCUT2D eigenvalue weighted by Crippen LogP contribution is 2.33. The molecule has 4 nitrogen and oxygen atoms in total. The number of carbonyl (C=O) groups excluding carboxylic acids is 2. The van der Waals surface area contributed by atoms with E-state index in [1.165, 1.54) is 4.90 Å². The summed E-state index contributed by atoms with van der Waals surface area (Å²) in [5, 5.41) is 10.5. The standard InChI is InChI=1S/C14H23NO3/c1-11-6-8-14(18,9-7-11)10-15-12(16)4-2-3-5-13(15)17/h11,18H,2-10H2,1H3. The lowest BCUT2D eigenvalue weighted by Crippen LogP contribution is -2.49. The third-order valence-electron chi connectivity index (χ3n) is 4.29. The molecule has 1 aliphatic heterocycles. The Morgan fingerprint density at radius 1 is 1.17 bits per heavy atom. The lowest BCUT2D eigenvalue weighted by atomic mass is 9.79. The van der Waals surface area contributed by atoms with E-state index in [-0.39, 0.29) is 18.4 Å². The first-order valence-corrected chi connectivity index (χ1v) is 7.06. The molecule has 2 rings (SSSR count). The number of nitrogens with zero attached hydrogens (tertiary/aromatic N) is 1. The van der Waals surface area contributed by atoms with Crippen molar-refractivity contribution in [1.82, 2.24) is 4.90 Å². The third-order valence-corrected chi connectivity index (χ3v) is 4.29. The van der Waals surface area contributed by atoms with Crippen molar-refractivity contribution in [2.45, 2.75) is 63.9 Å². The molecule has 0 aromatic heterocycles. The van der Waals surface area contributed by atoms with Crippen LogP contribution in [0.15, 0.2) is 0 Å². The molecule has 18 heavy (non-hydrogen) atoms. The summed E-state index contributed by atoms with van der Waals surface area (Å²) in [7, 11) is 0. The monoisotopic (exact) mass is 253 g/mol. The SMILES string of the molecule is CC1CCC(O)(CN2C(=O)CCCCC2=O)CC1. The van der Waals surface area contributed by atoms with Gasteiger partial charge in [-0.3, -0.25) is 14.5 Å². The summed E-state index contributed by atoms with van der Waals surface area (Å²) < 4.78 is 0. The second-order valence-corrected chi connectivity index (χ2v) is 5.99. The smallest absolute Gasteiger partial charge is 0.229 e. The van der Waals surface area contributed by atoms with Crippen LogP contribution in [0.4, 0.5) is 0 Å². The summed E-state index contributed by atoms with van der Waals surface area (Å²) in [6.07, 6.45) is 5.82. The zero-order chi connectivity index (χ0) is 13.2. The van der Waals surface area contributed by atoms with Crippen molar-refractivity contribution in [2.24, 2.45) is 5.92 Å². The highest BCUT2D eigenvalue weighted by atomic mass is 16.3. The number of rotatable bonds is 2. The van der Waals surface area contributed by atoms with Crippen molar-refractivity contribution >= 4 is 11.8 Å². The first-order chi connectivity index (χ1) is 8.50. The van der Waals surface area contributed by atoms with Gasteiger partial charge in [0, 0.05) is 12.8 Å². The molecule has 2 fully saturated rings. The molecule has 1 aliphatic carbocycles. The molecule has 1 N–H and O–H groups in total. The van der Waals surface area contributed by atoms with Crippen LogP contribution in [-0.4, -0.2) is 34.0 Å². The van der Waals surface area contributed by atoms with E-state index in [0.29, 0.717) is 31.6 Å². The number of hydrogen-bond acceptors (Lipinski definition) is 3.